The summed E-state index contributed by atoms with van der Waals surface area (Å²) in [5.74, 6) is 0.409. The third-order valence-electron chi connectivity index (χ3n) is 4.84. The highest BCUT2D eigenvalue weighted by Crippen LogP contribution is 2.32. The van der Waals surface area contributed by atoms with Gasteiger partial charge < -0.3 is 15.1 Å². The van der Waals surface area contributed by atoms with Crippen molar-refractivity contribution in [1.29, 1.82) is 0 Å². The molecule has 1 fully saturated rings. The Balaban J connectivity index is 1.46. The standard InChI is InChI=1S/C20H22N4O3S2/c1-12(25)21-15-7-8-16-13(9-18(26)27-17(16)10-15)11-28-20-24-23-19(29-20)22-14-5-3-2-4-6-14/h7-10,14H,2-6,11H2,1H3,(H,21,25)(H,22,23). The van der Waals surface area contributed by atoms with Gasteiger partial charge in [-0.2, -0.15) is 0 Å². The van der Waals surface area contributed by atoms with Gasteiger partial charge in [0.1, 0.15) is 5.58 Å². The minimum atomic E-state index is -0.412. The molecule has 1 amide bonds. The summed E-state index contributed by atoms with van der Waals surface area (Å²) in [6.45, 7) is 1.44. The van der Waals surface area contributed by atoms with Gasteiger partial charge in [0.05, 0.1) is 0 Å². The number of carbonyl (C=O) groups excluding carboxylic acids is 1. The van der Waals surface area contributed by atoms with E-state index in [4.69, 9.17) is 4.42 Å². The number of nitrogens with one attached hydrogen (secondary N) is 2. The van der Waals surface area contributed by atoms with Crippen LogP contribution < -0.4 is 16.3 Å². The van der Waals surface area contributed by atoms with Crippen molar-refractivity contribution in [3.63, 3.8) is 0 Å². The smallest absolute Gasteiger partial charge is 0.336 e. The van der Waals surface area contributed by atoms with Crippen LogP contribution in [-0.2, 0) is 10.5 Å². The van der Waals surface area contributed by atoms with Crippen LogP contribution in [0.4, 0.5) is 10.8 Å². The Hall–Kier alpha value is -2.39. The maximum atomic E-state index is 12.0. The zero-order valence-corrected chi connectivity index (χ0v) is 17.7. The molecule has 1 aliphatic carbocycles. The normalized spacial score (nSPS) is 14.8. The van der Waals surface area contributed by atoms with Crippen molar-refractivity contribution in [1.82, 2.24) is 10.2 Å². The predicted molar refractivity (Wildman–Crippen MR) is 117 cm³/mol. The molecule has 0 aliphatic heterocycles. The van der Waals surface area contributed by atoms with Crippen LogP contribution in [0.5, 0.6) is 0 Å². The number of thioether (sulfide) groups is 1. The van der Waals surface area contributed by atoms with E-state index in [1.165, 1.54) is 45.1 Å². The minimum absolute atomic E-state index is 0.174. The number of rotatable bonds is 6. The summed E-state index contributed by atoms with van der Waals surface area (Å²) >= 11 is 3.09. The number of nitrogens with zero attached hydrogens (tertiary/aromatic N) is 2. The van der Waals surface area contributed by atoms with Crippen molar-refractivity contribution in [3.05, 3.63) is 40.2 Å². The maximum absolute atomic E-state index is 12.0. The van der Waals surface area contributed by atoms with E-state index >= 15 is 0 Å². The minimum Gasteiger partial charge on any atom is -0.423 e. The molecule has 7 nitrogen and oxygen atoms in total. The van der Waals surface area contributed by atoms with Crippen molar-refractivity contribution in [3.8, 4) is 0 Å². The van der Waals surface area contributed by atoms with Crippen LogP contribution in [0.2, 0.25) is 0 Å². The molecular weight excluding hydrogens is 408 g/mol. The molecule has 3 aromatic rings. The number of aromatic nitrogens is 2. The fourth-order valence-electron chi connectivity index (χ4n) is 3.52. The van der Waals surface area contributed by atoms with Crippen LogP contribution in [0.1, 0.15) is 44.6 Å². The SMILES string of the molecule is CC(=O)Nc1ccc2c(CSc3nnc(NC4CCCCC4)s3)cc(=O)oc2c1. The number of fused-ring (bicyclic) bond motifs is 1. The second-order valence-corrected chi connectivity index (χ2v) is 9.32. The van der Waals surface area contributed by atoms with Gasteiger partial charge in [-0.15, -0.1) is 10.2 Å². The maximum Gasteiger partial charge on any atom is 0.336 e. The van der Waals surface area contributed by atoms with Crippen LogP contribution in [0.3, 0.4) is 0 Å². The summed E-state index contributed by atoms with van der Waals surface area (Å²) in [4.78, 5) is 23.2. The zero-order chi connectivity index (χ0) is 20.2. The quantitative estimate of drug-likeness (QED) is 0.434. The van der Waals surface area contributed by atoms with E-state index in [0.717, 1.165) is 20.4 Å². The number of amides is 1. The largest absolute Gasteiger partial charge is 0.423 e. The molecule has 4 rings (SSSR count). The molecule has 2 N–H and O–H groups in total. The van der Waals surface area contributed by atoms with Crippen molar-refractivity contribution < 1.29 is 9.21 Å². The Morgan fingerprint density at radius 1 is 1.24 bits per heavy atom. The molecular formula is C20H22N4O3S2. The molecule has 1 saturated carbocycles. The van der Waals surface area contributed by atoms with E-state index in [1.807, 2.05) is 6.07 Å². The van der Waals surface area contributed by atoms with Crippen molar-refractivity contribution in [2.24, 2.45) is 0 Å². The number of carbonyl (C=O) groups is 1. The Bertz CT molecular complexity index is 1070. The molecule has 0 saturated heterocycles. The first kappa shape index (κ1) is 19.9. The number of hydrogen-bond acceptors (Lipinski definition) is 8. The van der Waals surface area contributed by atoms with Gasteiger partial charge in [-0.05, 0) is 30.5 Å². The third-order valence-corrected chi connectivity index (χ3v) is 6.88. The zero-order valence-electron chi connectivity index (χ0n) is 16.1. The lowest BCUT2D eigenvalue weighted by atomic mass is 9.96. The topological polar surface area (TPSA) is 97.1 Å². The summed E-state index contributed by atoms with van der Waals surface area (Å²) in [7, 11) is 0. The fraction of sp³-hybridized carbons (Fsp3) is 0.400. The van der Waals surface area contributed by atoms with E-state index in [2.05, 4.69) is 20.8 Å². The van der Waals surface area contributed by atoms with E-state index in [0.29, 0.717) is 23.1 Å². The predicted octanol–water partition coefficient (Wildman–Crippen LogP) is 4.64. The van der Waals surface area contributed by atoms with Crippen LogP contribution >= 0.6 is 23.1 Å². The van der Waals surface area contributed by atoms with Crippen LogP contribution in [0, 0.1) is 0 Å². The van der Waals surface area contributed by atoms with Gasteiger partial charge in [0.25, 0.3) is 0 Å². The second kappa shape index (κ2) is 8.96. The second-order valence-electron chi connectivity index (χ2n) is 7.12. The summed E-state index contributed by atoms with van der Waals surface area (Å²) in [6.07, 6.45) is 6.24. The lowest BCUT2D eigenvalue weighted by Crippen LogP contribution is -2.21. The van der Waals surface area contributed by atoms with Crippen molar-refractivity contribution in [2.75, 3.05) is 10.6 Å². The molecule has 1 aromatic carbocycles. The molecule has 1 aliphatic rings. The summed E-state index contributed by atoms with van der Waals surface area (Å²) in [5, 5.41) is 16.4. The van der Waals surface area contributed by atoms with E-state index in [-0.39, 0.29) is 5.91 Å². The Labute approximate surface area is 176 Å². The van der Waals surface area contributed by atoms with E-state index < -0.39 is 5.63 Å². The van der Waals surface area contributed by atoms with Crippen molar-refractivity contribution in [2.45, 2.75) is 55.2 Å². The van der Waals surface area contributed by atoms with Crippen LogP contribution in [-0.4, -0.2) is 22.1 Å². The van der Waals surface area contributed by atoms with E-state index in [9.17, 15) is 9.59 Å². The molecule has 0 atom stereocenters. The molecule has 2 aromatic heterocycles. The van der Waals surface area contributed by atoms with Gasteiger partial charge >= 0.3 is 5.63 Å². The molecule has 0 bridgehead atoms. The van der Waals surface area contributed by atoms with Gasteiger partial charge in [0.2, 0.25) is 11.0 Å². The van der Waals surface area contributed by atoms with Gasteiger partial charge in [0, 0.05) is 41.9 Å². The van der Waals surface area contributed by atoms with Crippen LogP contribution in [0.15, 0.2) is 37.8 Å². The monoisotopic (exact) mass is 430 g/mol. The molecule has 0 spiro atoms. The number of benzene rings is 1. The molecule has 0 unspecified atom stereocenters. The van der Waals surface area contributed by atoms with Crippen LogP contribution in [0.25, 0.3) is 11.0 Å². The Morgan fingerprint density at radius 2 is 2.07 bits per heavy atom. The van der Waals surface area contributed by atoms with Gasteiger partial charge in [-0.3, -0.25) is 4.79 Å². The molecule has 0 radical (unpaired) electrons. The average Bonchev–Trinajstić information content (AvgIpc) is 3.13. The number of hydrogen-bond donors (Lipinski definition) is 2. The fourth-order valence-corrected chi connectivity index (χ4v) is 5.34. The molecule has 152 valence electrons. The molecule has 29 heavy (non-hydrogen) atoms. The van der Waals surface area contributed by atoms with E-state index in [1.54, 1.807) is 35.2 Å². The Morgan fingerprint density at radius 3 is 2.86 bits per heavy atom. The first-order valence-electron chi connectivity index (χ1n) is 9.64. The molecule has 9 heteroatoms. The first-order chi connectivity index (χ1) is 14.1. The first-order valence-corrected chi connectivity index (χ1v) is 11.4. The highest BCUT2D eigenvalue weighted by Gasteiger charge is 2.15. The summed E-state index contributed by atoms with van der Waals surface area (Å²) in [6, 6.07) is 7.33. The lowest BCUT2D eigenvalue weighted by Gasteiger charge is -2.21. The summed E-state index contributed by atoms with van der Waals surface area (Å²) in [5.41, 5.74) is 1.51. The third kappa shape index (κ3) is 5.16. The lowest BCUT2D eigenvalue weighted by molar-refractivity contribution is -0.114. The Kier molecular flexibility index (Phi) is 6.15. The molecule has 2 heterocycles. The average molecular weight is 431 g/mol. The van der Waals surface area contributed by atoms with Crippen molar-refractivity contribution >= 4 is 50.8 Å². The van der Waals surface area contributed by atoms with Gasteiger partial charge in [0.15, 0.2) is 4.34 Å². The highest BCUT2D eigenvalue weighted by molar-refractivity contribution is 8.00. The number of anilines is 2. The summed E-state index contributed by atoms with van der Waals surface area (Å²) < 4.78 is 6.17. The van der Waals surface area contributed by atoms with Gasteiger partial charge in [-0.25, -0.2) is 4.79 Å². The highest BCUT2D eigenvalue weighted by atomic mass is 32.2. The van der Waals surface area contributed by atoms with Gasteiger partial charge in [-0.1, -0.05) is 42.4 Å².